The molecule has 1 aromatic rings. The van der Waals surface area contributed by atoms with Crippen molar-refractivity contribution >= 4 is 5.69 Å². The van der Waals surface area contributed by atoms with Crippen molar-refractivity contribution in [2.75, 3.05) is 32.1 Å². The van der Waals surface area contributed by atoms with E-state index in [1.807, 2.05) is 0 Å². The molecule has 1 aromatic carbocycles. The summed E-state index contributed by atoms with van der Waals surface area (Å²) in [5, 5.41) is 0. The summed E-state index contributed by atoms with van der Waals surface area (Å²) in [5.41, 5.74) is 2.89. The fourth-order valence-electron chi connectivity index (χ4n) is 5.05. The Bertz CT molecular complexity index is 551. The zero-order chi connectivity index (χ0) is 20.4. The molecule has 1 aliphatic heterocycles. The number of hydrogen-bond donors (Lipinski definition) is 0. The van der Waals surface area contributed by atoms with Crippen LogP contribution in [0.25, 0.3) is 0 Å². The molecule has 2 nitrogen and oxygen atoms in total. The Morgan fingerprint density at radius 2 is 1.75 bits per heavy atom. The molecule has 2 atom stereocenters. The first kappa shape index (κ1) is 23.3. The molecule has 0 aliphatic carbocycles. The third-order valence-electron chi connectivity index (χ3n) is 7.15. The Balaban J connectivity index is 1.96. The van der Waals surface area contributed by atoms with E-state index in [2.05, 4.69) is 64.0 Å². The first-order valence-electron chi connectivity index (χ1n) is 12.1. The van der Waals surface area contributed by atoms with Crippen LogP contribution in [0.2, 0.25) is 0 Å². The second-order valence-corrected chi connectivity index (χ2v) is 9.83. The normalized spacial score (nSPS) is 20.1. The van der Waals surface area contributed by atoms with E-state index < -0.39 is 0 Å². The number of piperidine rings is 1. The van der Waals surface area contributed by atoms with Gasteiger partial charge in [-0.15, -0.1) is 0 Å². The van der Waals surface area contributed by atoms with E-state index in [4.69, 9.17) is 0 Å². The van der Waals surface area contributed by atoms with E-state index in [1.54, 1.807) is 0 Å². The van der Waals surface area contributed by atoms with Gasteiger partial charge in [0, 0.05) is 24.7 Å². The quantitative estimate of drug-likeness (QED) is 0.277. The van der Waals surface area contributed by atoms with Gasteiger partial charge in [-0.05, 0) is 51.2 Å². The molecule has 0 spiro atoms. The third-order valence-corrected chi connectivity index (χ3v) is 7.15. The van der Waals surface area contributed by atoms with Crippen molar-refractivity contribution in [1.82, 2.24) is 0 Å². The number of benzene rings is 1. The standard InChI is InChI=1S/C26H47N2/c1-6-7-8-9-10-11-17-24(3)27(26-19-13-12-16-23(26)2)21-20-25-18-14-15-22-28(25,4)5/h12-13,16,19,24-25H,6-11,14-15,17-18,20-22H2,1-5H3/q+1/t24?,25-/m1/s1. The number of nitrogens with zero attached hydrogens (tertiary/aromatic N) is 2. The van der Waals surface area contributed by atoms with Gasteiger partial charge in [-0.25, -0.2) is 0 Å². The Kier molecular flexibility index (Phi) is 9.85. The van der Waals surface area contributed by atoms with Crippen LogP contribution in [-0.4, -0.2) is 43.8 Å². The number of anilines is 1. The minimum Gasteiger partial charge on any atom is -0.368 e. The topological polar surface area (TPSA) is 3.24 Å². The van der Waals surface area contributed by atoms with Crippen molar-refractivity contribution in [3.05, 3.63) is 29.8 Å². The molecule has 2 heteroatoms. The average molecular weight is 388 g/mol. The maximum absolute atomic E-state index is 2.73. The number of rotatable bonds is 12. The van der Waals surface area contributed by atoms with E-state index in [-0.39, 0.29) is 0 Å². The van der Waals surface area contributed by atoms with E-state index >= 15 is 0 Å². The largest absolute Gasteiger partial charge is 0.368 e. The molecule has 2 rings (SSSR count). The van der Waals surface area contributed by atoms with Gasteiger partial charge in [0.15, 0.2) is 0 Å². The van der Waals surface area contributed by atoms with Gasteiger partial charge in [0.2, 0.25) is 0 Å². The highest BCUT2D eigenvalue weighted by Gasteiger charge is 2.32. The van der Waals surface area contributed by atoms with Gasteiger partial charge >= 0.3 is 0 Å². The third kappa shape index (κ3) is 7.10. The van der Waals surface area contributed by atoms with Crippen molar-refractivity contribution in [2.45, 2.75) is 103 Å². The second kappa shape index (κ2) is 11.9. The van der Waals surface area contributed by atoms with Gasteiger partial charge < -0.3 is 9.38 Å². The predicted molar refractivity (Wildman–Crippen MR) is 125 cm³/mol. The number of unbranched alkanes of at least 4 members (excludes halogenated alkanes) is 5. The van der Waals surface area contributed by atoms with Crippen LogP contribution in [0, 0.1) is 6.92 Å². The first-order chi connectivity index (χ1) is 13.5. The van der Waals surface area contributed by atoms with Gasteiger partial charge in [-0.1, -0.05) is 63.6 Å². The minimum absolute atomic E-state index is 0.631. The maximum atomic E-state index is 2.73. The highest BCUT2D eigenvalue weighted by atomic mass is 15.3. The van der Waals surface area contributed by atoms with Gasteiger partial charge in [-0.3, -0.25) is 0 Å². The number of aryl methyl sites for hydroxylation is 1. The van der Waals surface area contributed by atoms with Gasteiger partial charge in [-0.2, -0.15) is 0 Å². The molecule has 160 valence electrons. The molecule has 1 heterocycles. The molecule has 1 unspecified atom stereocenters. The molecule has 0 bridgehead atoms. The Labute approximate surface area is 175 Å². The molecule has 0 N–H and O–H groups in total. The van der Waals surface area contributed by atoms with Crippen LogP contribution < -0.4 is 4.90 Å². The molecule has 0 amide bonds. The van der Waals surface area contributed by atoms with E-state index in [0.29, 0.717) is 6.04 Å². The van der Waals surface area contributed by atoms with Crippen LogP contribution >= 0.6 is 0 Å². The predicted octanol–water partition coefficient (Wildman–Crippen LogP) is 6.96. The maximum Gasteiger partial charge on any atom is 0.0903 e. The summed E-state index contributed by atoms with van der Waals surface area (Å²) < 4.78 is 1.22. The molecule has 0 radical (unpaired) electrons. The number of para-hydroxylation sites is 1. The highest BCUT2D eigenvalue weighted by Crippen LogP contribution is 2.28. The van der Waals surface area contributed by atoms with Gasteiger partial charge in [0.1, 0.15) is 0 Å². The molecule has 0 aromatic heterocycles. The summed E-state index contributed by atoms with van der Waals surface area (Å²) in [7, 11) is 4.89. The SMILES string of the molecule is CCCCCCCCC(C)N(CC[C@H]1CCCC[N+]1(C)C)c1ccccc1C. The molecular formula is C26H47N2+. The lowest BCUT2D eigenvalue weighted by Crippen LogP contribution is -2.53. The van der Waals surface area contributed by atoms with E-state index in [1.165, 1.54) is 99.5 Å². The molecular weight excluding hydrogens is 340 g/mol. The van der Waals surface area contributed by atoms with Crippen molar-refractivity contribution in [1.29, 1.82) is 0 Å². The lowest BCUT2D eigenvalue weighted by molar-refractivity contribution is -0.920. The summed E-state index contributed by atoms with van der Waals surface area (Å²) in [5.74, 6) is 0. The smallest absolute Gasteiger partial charge is 0.0903 e. The van der Waals surface area contributed by atoms with Crippen LogP contribution in [0.15, 0.2) is 24.3 Å². The molecule has 1 aliphatic rings. The average Bonchev–Trinajstić information content (AvgIpc) is 2.67. The molecule has 0 saturated carbocycles. The van der Waals surface area contributed by atoms with Crippen molar-refractivity contribution in [3.8, 4) is 0 Å². The Morgan fingerprint density at radius 3 is 2.46 bits per heavy atom. The van der Waals surface area contributed by atoms with Crippen LogP contribution in [-0.2, 0) is 0 Å². The Morgan fingerprint density at radius 1 is 1.04 bits per heavy atom. The van der Waals surface area contributed by atoms with Gasteiger partial charge in [0.25, 0.3) is 0 Å². The molecule has 28 heavy (non-hydrogen) atoms. The lowest BCUT2D eigenvalue weighted by atomic mass is 9.96. The summed E-state index contributed by atoms with van der Waals surface area (Å²) in [4.78, 5) is 2.73. The van der Waals surface area contributed by atoms with E-state index in [9.17, 15) is 0 Å². The summed E-state index contributed by atoms with van der Waals surface area (Å²) in [6.45, 7) is 9.59. The molecule has 1 saturated heterocycles. The zero-order valence-corrected chi connectivity index (χ0v) is 19.6. The Hall–Kier alpha value is -1.02. The zero-order valence-electron chi connectivity index (χ0n) is 19.6. The summed E-state index contributed by atoms with van der Waals surface area (Å²) in [6, 6.07) is 10.5. The van der Waals surface area contributed by atoms with Crippen LogP contribution in [0.1, 0.15) is 90.0 Å². The van der Waals surface area contributed by atoms with E-state index in [0.717, 1.165) is 6.04 Å². The number of hydrogen-bond acceptors (Lipinski definition) is 1. The van der Waals surface area contributed by atoms with Gasteiger partial charge in [0.05, 0.1) is 26.7 Å². The first-order valence-corrected chi connectivity index (χ1v) is 12.1. The number of likely N-dealkylation sites (tertiary alicyclic amines) is 1. The van der Waals surface area contributed by atoms with Crippen molar-refractivity contribution in [3.63, 3.8) is 0 Å². The lowest BCUT2D eigenvalue weighted by Gasteiger charge is -2.43. The minimum atomic E-state index is 0.631. The van der Waals surface area contributed by atoms with Crippen LogP contribution in [0.4, 0.5) is 5.69 Å². The van der Waals surface area contributed by atoms with Crippen molar-refractivity contribution in [2.24, 2.45) is 0 Å². The highest BCUT2D eigenvalue weighted by molar-refractivity contribution is 5.53. The summed E-state index contributed by atoms with van der Waals surface area (Å²) in [6.07, 6.45) is 15.2. The summed E-state index contributed by atoms with van der Waals surface area (Å²) >= 11 is 0. The van der Waals surface area contributed by atoms with Crippen molar-refractivity contribution < 1.29 is 4.48 Å². The monoisotopic (exact) mass is 387 g/mol. The number of quaternary nitrogens is 1. The fraction of sp³-hybridized carbons (Fsp3) is 0.769. The fourth-order valence-corrected chi connectivity index (χ4v) is 5.05. The molecule has 1 fully saturated rings. The van der Waals surface area contributed by atoms with Crippen LogP contribution in [0.3, 0.4) is 0 Å². The van der Waals surface area contributed by atoms with Crippen LogP contribution in [0.5, 0.6) is 0 Å². The second-order valence-electron chi connectivity index (χ2n) is 9.83.